The Balaban J connectivity index is 1.45. The van der Waals surface area contributed by atoms with Gasteiger partial charge in [0.05, 0.1) is 36.9 Å². The Hall–Kier alpha value is -3.42. The minimum atomic E-state index is -0.146. The molecule has 1 aliphatic heterocycles. The van der Waals surface area contributed by atoms with E-state index in [0.29, 0.717) is 12.4 Å². The highest BCUT2D eigenvalue weighted by molar-refractivity contribution is 6.04. The summed E-state index contributed by atoms with van der Waals surface area (Å²) in [5.41, 5.74) is 5.97. The van der Waals surface area contributed by atoms with Crippen LogP contribution in [0.5, 0.6) is 5.88 Å². The molecule has 31 heavy (non-hydrogen) atoms. The van der Waals surface area contributed by atoms with Crippen molar-refractivity contribution in [3.05, 3.63) is 59.3 Å². The summed E-state index contributed by atoms with van der Waals surface area (Å²) >= 11 is 0. The van der Waals surface area contributed by atoms with Crippen LogP contribution in [0.15, 0.2) is 36.8 Å². The van der Waals surface area contributed by atoms with E-state index >= 15 is 0 Å². The van der Waals surface area contributed by atoms with Gasteiger partial charge in [0.15, 0.2) is 0 Å². The van der Waals surface area contributed by atoms with E-state index < -0.39 is 0 Å². The minimum absolute atomic E-state index is 0.0365. The summed E-state index contributed by atoms with van der Waals surface area (Å²) < 4.78 is 7.11. The standard InChI is InChI=1S/C23H28N6O2/c1-5-19-23(30)27-22-15(2)26-18(11-20(22)28(19)3)7-6-17-12-25-29(14-17)13-16-8-9-24-21(10-16)31-4/h8-12,14,19H,5-7,13H2,1-4H3,(H,27,30)/t19-/m0/s1. The van der Waals surface area contributed by atoms with Crippen LogP contribution in [-0.2, 0) is 24.2 Å². The number of amides is 1. The third-order valence-corrected chi connectivity index (χ3v) is 5.73. The van der Waals surface area contributed by atoms with Gasteiger partial charge < -0.3 is 15.0 Å². The summed E-state index contributed by atoms with van der Waals surface area (Å²) in [4.78, 5) is 23.2. The second-order valence-corrected chi connectivity index (χ2v) is 7.87. The molecule has 162 valence electrons. The molecule has 3 aromatic heterocycles. The largest absolute Gasteiger partial charge is 0.481 e. The van der Waals surface area contributed by atoms with E-state index in [-0.39, 0.29) is 11.9 Å². The maximum atomic E-state index is 12.3. The third-order valence-electron chi connectivity index (χ3n) is 5.73. The molecule has 0 bridgehead atoms. The van der Waals surface area contributed by atoms with Gasteiger partial charge in [-0.25, -0.2) is 4.98 Å². The smallest absolute Gasteiger partial charge is 0.247 e. The number of nitrogens with zero attached hydrogens (tertiary/aromatic N) is 5. The van der Waals surface area contributed by atoms with E-state index in [1.54, 1.807) is 13.3 Å². The lowest BCUT2D eigenvalue weighted by molar-refractivity contribution is -0.117. The van der Waals surface area contributed by atoms with E-state index in [0.717, 1.165) is 53.2 Å². The lowest BCUT2D eigenvalue weighted by Crippen LogP contribution is -2.46. The predicted molar refractivity (Wildman–Crippen MR) is 120 cm³/mol. The third kappa shape index (κ3) is 4.38. The van der Waals surface area contributed by atoms with Crippen molar-refractivity contribution in [3.63, 3.8) is 0 Å². The van der Waals surface area contributed by atoms with Gasteiger partial charge in [0.1, 0.15) is 6.04 Å². The van der Waals surface area contributed by atoms with Crippen LogP contribution in [0.1, 0.15) is 35.9 Å². The van der Waals surface area contributed by atoms with Crippen molar-refractivity contribution in [2.45, 2.75) is 45.7 Å². The number of pyridine rings is 2. The number of likely N-dealkylation sites (N-methyl/N-ethyl adjacent to an activating group) is 1. The molecular formula is C23H28N6O2. The number of methoxy groups -OCH3 is 1. The predicted octanol–water partition coefficient (Wildman–Crippen LogP) is 2.99. The van der Waals surface area contributed by atoms with Gasteiger partial charge >= 0.3 is 0 Å². The van der Waals surface area contributed by atoms with Crippen molar-refractivity contribution in [3.8, 4) is 5.88 Å². The first kappa shape index (κ1) is 20.8. The zero-order valence-electron chi connectivity index (χ0n) is 18.4. The molecule has 0 saturated carbocycles. The van der Waals surface area contributed by atoms with Crippen molar-refractivity contribution in [2.24, 2.45) is 0 Å². The van der Waals surface area contributed by atoms with Crippen molar-refractivity contribution in [1.82, 2.24) is 19.7 Å². The number of hydrogen-bond acceptors (Lipinski definition) is 6. The molecule has 0 spiro atoms. The van der Waals surface area contributed by atoms with Crippen molar-refractivity contribution < 1.29 is 9.53 Å². The van der Waals surface area contributed by atoms with Crippen LogP contribution < -0.4 is 15.0 Å². The molecule has 0 saturated heterocycles. The van der Waals surface area contributed by atoms with Gasteiger partial charge in [-0.2, -0.15) is 5.10 Å². The van der Waals surface area contributed by atoms with Crippen molar-refractivity contribution in [2.75, 3.05) is 24.4 Å². The maximum absolute atomic E-state index is 12.3. The van der Waals surface area contributed by atoms with Crippen molar-refractivity contribution >= 4 is 17.3 Å². The molecule has 1 aliphatic rings. The minimum Gasteiger partial charge on any atom is -0.481 e. The van der Waals surface area contributed by atoms with E-state index in [2.05, 4.69) is 32.6 Å². The second-order valence-electron chi connectivity index (χ2n) is 7.87. The number of ether oxygens (including phenoxy) is 1. The molecule has 1 amide bonds. The van der Waals surface area contributed by atoms with Gasteiger partial charge in [-0.1, -0.05) is 6.92 Å². The first-order valence-corrected chi connectivity index (χ1v) is 10.5. The number of anilines is 2. The number of aryl methyl sites for hydroxylation is 3. The molecule has 3 aromatic rings. The average Bonchev–Trinajstić information content (AvgIpc) is 3.21. The number of nitrogens with one attached hydrogen (secondary N) is 1. The summed E-state index contributed by atoms with van der Waals surface area (Å²) in [5, 5.41) is 7.51. The highest BCUT2D eigenvalue weighted by Gasteiger charge is 2.30. The maximum Gasteiger partial charge on any atom is 0.247 e. The number of fused-ring (bicyclic) bond motifs is 1. The van der Waals surface area contributed by atoms with Crippen LogP contribution in [0.3, 0.4) is 0 Å². The summed E-state index contributed by atoms with van der Waals surface area (Å²) in [6.07, 6.45) is 8.13. The molecule has 8 nitrogen and oxygen atoms in total. The molecule has 0 radical (unpaired) electrons. The van der Waals surface area contributed by atoms with Crippen LogP contribution in [0.25, 0.3) is 0 Å². The van der Waals surface area contributed by atoms with Crippen LogP contribution in [0.2, 0.25) is 0 Å². The normalized spacial score (nSPS) is 15.5. The van der Waals surface area contributed by atoms with Gasteiger partial charge in [0.25, 0.3) is 0 Å². The highest BCUT2D eigenvalue weighted by atomic mass is 16.5. The van der Waals surface area contributed by atoms with Gasteiger partial charge in [-0.15, -0.1) is 0 Å². The van der Waals surface area contributed by atoms with Gasteiger partial charge in [0.2, 0.25) is 11.8 Å². The summed E-state index contributed by atoms with van der Waals surface area (Å²) in [7, 11) is 3.59. The fourth-order valence-corrected chi connectivity index (χ4v) is 4.03. The zero-order chi connectivity index (χ0) is 22.0. The van der Waals surface area contributed by atoms with Crippen LogP contribution in [0.4, 0.5) is 11.4 Å². The Labute approximate surface area is 182 Å². The Morgan fingerprint density at radius 3 is 2.84 bits per heavy atom. The monoisotopic (exact) mass is 420 g/mol. The molecule has 0 aromatic carbocycles. The average molecular weight is 421 g/mol. The number of carbonyl (C=O) groups excluding carboxylic acids is 1. The van der Waals surface area contributed by atoms with E-state index in [4.69, 9.17) is 9.72 Å². The molecular weight excluding hydrogens is 392 g/mol. The Morgan fingerprint density at radius 1 is 1.23 bits per heavy atom. The molecule has 4 rings (SSSR count). The number of carbonyl (C=O) groups is 1. The molecule has 0 unspecified atom stereocenters. The first-order valence-electron chi connectivity index (χ1n) is 10.5. The molecule has 8 heteroatoms. The van der Waals surface area contributed by atoms with Gasteiger partial charge in [-0.3, -0.25) is 14.5 Å². The quantitative estimate of drug-likeness (QED) is 0.633. The highest BCUT2D eigenvalue weighted by Crippen LogP contribution is 2.34. The summed E-state index contributed by atoms with van der Waals surface area (Å²) in [6, 6.07) is 5.83. The first-order chi connectivity index (χ1) is 15.0. The van der Waals surface area contributed by atoms with Crippen molar-refractivity contribution in [1.29, 1.82) is 0 Å². The number of rotatable bonds is 7. The van der Waals surface area contributed by atoms with E-state index in [1.807, 2.05) is 43.9 Å². The Kier molecular flexibility index (Phi) is 5.88. The fourth-order valence-electron chi connectivity index (χ4n) is 4.03. The van der Waals surface area contributed by atoms with E-state index in [1.165, 1.54) is 0 Å². The fraction of sp³-hybridized carbons (Fsp3) is 0.391. The Morgan fingerprint density at radius 2 is 2.06 bits per heavy atom. The van der Waals surface area contributed by atoms with Gasteiger partial charge in [0, 0.05) is 31.2 Å². The topological polar surface area (TPSA) is 85.2 Å². The number of hydrogen-bond donors (Lipinski definition) is 1. The van der Waals surface area contributed by atoms with Crippen LogP contribution >= 0.6 is 0 Å². The van der Waals surface area contributed by atoms with Gasteiger partial charge in [-0.05, 0) is 49.4 Å². The van der Waals surface area contributed by atoms with Crippen LogP contribution in [-0.4, -0.2) is 45.9 Å². The SMILES string of the molecule is CC[C@H]1C(=O)Nc2c(cc(CCc3cnn(Cc4ccnc(OC)c4)c3)nc2C)N1C. The molecule has 0 aliphatic carbocycles. The Bertz CT molecular complexity index is 1090. The lowest BCUT2D eigenvalue weighted by Gasteiger charge is -2.35. The zero-order valence-corrected chi connectivity index (χ0v) is 18.4. The van der Waals surface area contributed by atoms with Crippen LogP contribution in [0, 0.1) is 6.92 Å². The second kappa shape index (κ2) is 8.75. The molecule has 4 heterocycles. The number of aromatic nitrogens is 4. The molecule has 0 fully saturated rings. The lowest BCUT2D eigenvalue weighted by atomic mass is 10.0. The molecule has 1 atom stereocenters. The summed E-state index contributed by atoms with van der Waals surface area (Å²) in [5.74, 6) is 0.639. The van der Waals surface area contributed by atoms with E-state index in [9.17, 15) is 4.79 Å². The summed E-state index contributed by atoms with van der Waals surface area (Å²) in [6.45, 7) is 4.64. The molecule has 1 N–H and O–H groups in total.